The molecule has 2 unspecified atom stereocenters. The Bertz CT molecular complexity index is 806. The fraction of sp³-hybridized carbons (Fsp3) is 0.760. The Labute approximate surface area is 201 Å². The summed E-state index contributed by atoms with van der Waals surface area (Å²) in [5.74, 6) is -1.91. The highest BCUT2D eigenvalue weighted by Gasteiger charge is 2.50. The Morgan fingerprint density at radius 1 is 1.12 bits per heavy atom. The predicted octanol–water partition coefficient (Wildman–Crippen LogP) is 3.56. The molecule has 2 aliphatic heterocycles. The predicted molar refractivity (Wildman–Crippen MR) is 128 cm³/mol. The molecule has 4 rings (SSSR count). The number of piperazine rings is 1. The summed E-state index contributed by atoms with van der Waals surface area (Å²) < 4.78 is 35.3. The van der Waals surface area contributed by atoms with E-state index in [2.05, 4.69) is 33.9 Å². The smallest absolute Gasteiger partial charge is 0.317 e. The van der Waals surface area contributed by atoms with Gasteiger partial charge in [-0.05, 0) is 51.7 Å². The molecule has 2 atom stereocenters. The van der Waals surface area contributed by atoms with E-state index in [-0.39, 0.29) is 24.4 Å². The number of rotatable bonds is 5. The first-order valence-electron chi connectivity index (χ1n) is 12.7. The Morgan fingerprint density at radius 3 is 2.41 bits per heavy atom. The van der Waals surface area contributed by atoms with Gasteiger partial charge in [0.15, 0.2) is 0 Å². The van der Waals surface area contributed by atoms with Crippen LogP contribution < -0.4 is 10.1 Å². The fourth-order valence-corrected chi connectivity index (χ4v) is 5.69. The van der Waals surface area contributed by atoms with Gasteiger partial charge >= 0.3 is 6.03 Å². The van der Waals surface area contributed by atoms with Crippen LogP contribution in [0.5, 0.6) is 5.75 Å². The molecule has 3 fully saturated rings. The molecule has 0 spiro atoms. The third kappa shape index (κ3) is 5.62. The van der Waals surface area contributed by atoms with E-state index in [9.17, 15) is 4.79 Å². The monoisotopic (exact) mass is 479 g/mol. The van der Waals surface area contributed by atoms with Gasteiger partial charge in [0, 0.05) is 69.4 Å². The highest BCUT2D eigenvalue weighted by molar-refractivity contribution is 5.75. The lowest BCUT2D eigenvalue weighted by Gasteiger charge is -2.47. The Morgan fingerprint density at radius 2 is 1.82 bits per heavy atom. The van der Waals surface area contributed by atoms with E-state index < -0.39 is 12.0 Å². The summed E-state index contributed by atoms with van der Waals surface area (Å²) in [5, 5.41) is 2.78. The maximum atomic E-state index is 15.1. The minimum atomic E-state index is -2.89. The van der Waals surface area contributed by atoms with Crippen molar-refractivity contribution in [3.05, 3.63) is 24.0 Å². The van der Waals surface area contributed by atoms with Crippen LogP contribution in [0, 0.1) is 0 Å². The van der Waals surface area contributed by atoms with E-state index in [4.69, 9.17) is 4.74 Å². The normalized spacial score (nSPS) is 27.1. The van der Waals surface area contributed by atoms with Crippen LogP contribution in [0.4, 0.5) is 13.6 Å². The van der Waals surface area contributed by atoms with Crippen molar-refractivity contribution in [3.63, 3.8) is 0 Å². The standard InChI is InChI=1S/C25H39F2N5O2/c1-18(2)30-13-15-31(16-14-30)22-5-4-10-25(26,27)23(22)29-24(33)32-11-8-19(9-12-32)21-7-6-20(34-3)17-28-21/h6-7,17-19,22-23H,4-5,8-16H2,1-3H3,(H,29,33). The zero-order chi connectivity index (χ0) is 24.3. The molecular weight excluding hydrogens is 440 g/mol. The van der Waals surface area contributed by atoms with Gasteiger partial charge in [-0.2, -0.15) is 0 Å². The molecule has 1 N–H and O–H groups in total. The second-order valence-corrected chi connectivity index (χ2v) is 10.2. The zero-order valence-corrected chi connectivity index (χ0v) is 20.7. The first kappa shape index (κ1) is 25.1. The lowest BCUT2D eigenvalue weighted by Crippen LogP contribution is -2.66. The molecule has 2 saturated heterocycles. The number of likely N-dealkylation sites (tertiary alicyclic amines) is 1. The molecule has 1 aromatic heterocycles. The van der Waals surface area contributed by atoms with Gasteiger partial charge < -0.3 is 15.0 Å². The quantitative estimate of drug-likeness (QED) is 0.700. The first-order valence-corrected chi connectivity index (χ1v) is 12.7. The number of ether oxygens (including phenoxy) is 1. The molecule has 0 aromatic carbocycles. The van der Waals surface area contributed by atoms with Gasteiger partial charge in [0.25, 0.3) is 5.92 Å². The molecule has 1 aromatic rings. The van der Waals surface area contributed by atoms with Crippen molar-refractivity contribution < 1.29 is 18.3 Å². The van der Waals surface area contributed by atoms with Crippen molar-refractivity contribution in [2.45, 2.75) is 75.9 Å². The number of nitrogens with zero attached hydrogens (tertiary/aromatic N) is 4. The summed E-state index contributed by atoms with van der Waals surface area (Å²) in [4.78, 5) is 23.8. The topological polar surface area (TPSA) is 60.9 Å². The number of amides is 2. The summed E-state index contributed by atoms with van der Waals surface area (Å²) in [6, 6.07) is 2.50. The van der Waals surface area contributed by atoms with Crippen molar-refractivity contribution in [2.24, 2.45) is 0 Å². The van der Waals surface area contributed by atoms with E-state index in [1.807, 2.05) is 12.1 Å². The fourth-order valence-electron chi connectivity index (χ4n) is 5.69. The van der Waals surface area contributed by atoms with Gasteiger partial charge in [0.2, 0.25) is 0 Å². The maximum Gasteiger partial charge on any atom is 0.317 e. The van der Waals surface area contributed by atoms with E-state index in [0.717, 1.165) is 44.7 Å². The molecule has 1 saturated carbocycles. The molecule has 0 radical (unpaired) electrons. The molecule has 7 nitrogen and oxygen atoms in total. The largest absolute Gasteiger partial charge is 0.495 e. The number of hydrogen-bond acceptors (Lipinski definition) is 5. The van der Waals surface area contributed by atoms with Crippen LogP contribution in [0.25, 0.3) is 0 Å². The molecule has 2 amide bonds. The van der Waals surface area contributed by atoms with Crippen molar-refractivity contribution >= 4 is 6.03 Å². The van der Waals surface area contributed by atoms with Gasteiger partial charge in [-0.3, -0.25) is 14.8 Å². The third-order valence-corrected chi connectivity index (χ3v) is 7.87. The van der Waals surface area contributed by atoms with Crippen LogP contribution in [0.1, 0.15) is 57.6 Å². The van der Waals surface area contributed by atoms with Crippen LogP contribution in [-0.4, -0.2) is 96.1 Å². The minimum Gasteiger partial charge on any atom is -0.495 e. The van der Waals surface area contributed by atoms with Crippen molar-refractivity contribution in [1.82, 2.24) is 25.0 Å². The number of urea groups is 1. The van der Waals surface area contributed by atoms with E-state index in [0.29, 0.717) is 37.7 Å². The molecule has 3 heterocycles. The molecule has 0 bridgehead atoms. The number of alkyl halides is 2. The molecule has 190 valence electrons. The first-order chi connectivity index (χ1) is 16.3. The number of carbonyl (C=O) groups excluding carboxylic acids is 1. The van der Waals surface area contributed by atoms with Gasteiger partial charge in [0.05, 0.1) is 13.3 Å². The lowest BCUT2D eigenvalue weighted by molar-refractivity contribution is -0.0973. The maximum absolute atomic E-state index is 15.1. The van der Waals surface area contributed by atoms with Crippen LogP contribution in [0.3, 0.4) is 0 Å². The van der Waals surface area contributed by atoms with E-state index >= 15 is 8.78 Å². The van der Waals surface area contributed by atoms with Gasteiger partial charge in [-0.1, -0.05) is 0 Å². The highest BCUT2D eigenvalue weighted by Crippen LogP contribution is 2.37. The summed E-state index contributed by atoms with van der Waals surface area (Å²) in [5.41, 5.74) is 0.986. The van der Waals surface area contributed by atoms with Crippen molar-refractivity contribution in [2.75, 3.05) is 46.4 Å². The molecular formula is C25H39F2N5O2. The summed E-state index contributed by atoms with van der Waals surface area (Å²) in [6.07, 6.45) is 4.29. The van der Waals surface area contributed by atoms with Gasteiger partial charge in [-0.15, -0.1) is 0 Å². The number of methoxy groups -OCH3 is 1. The number of aromatic nitrogens is 1. The van der Waals surface area contributed by atoms with Gasteiger partial charge in [-0.25, -0.2) is 13.6 Å². The number of halogens is 2. The molecule has 1 aliphatic carbocycles. The van der Waals surface area contributed by atoms with Crippen molar-refractivity contribution in [1.29, 1.82) is 0 Å². The summed E-state index contributed by atoms with van der Waals surface area (Å²) in [7, 11) is 1.61. The molecule has 3 aliphatic rings. The highest BCUT2D eigenvalue weighted by atomic mass is 19.3. The SMILES string of the molecule is COc1ccc(C2CCN(C(=O)NC3C(N4CCN(C(C)C)CC4)CCCC3(F)F)CC2)nc1. The average Bonchev–Trinajstić information content (AvgIpc) is 2.85. The van der Waals surface area contributed by atoms with E-state index in [1.165, 1.54) is 0 Å². The van der Waals surface area contributed by atoms with Crippen LogP contribution >= 0.6 is 0 Å². The zero-order valence-electron chi connectivity index (χ0n) is 20.7. The molecule has 9 heteroatoms. The lowest BCUT2D eigenvalue weighted by atomic mass is 9.85. The Kier molecular flexibility index (Phi) is 7.92. The number of hydrogen-bond donors (Lipinski definition) is 1. The minimum absolute atomic E-state index is 0.161. The summed E-state index contributed by atoms with van der Waals surface area (Å²) in [6.45, 7) is 8.72. The molecule has 34 heavy (non-hydrogen) atoms. The number of pyridine rings is 1. The number of piperidine rings is 1. The average molecular weight is 480 g/mol. The number of nitrogens with one attached hydrogen (secondary N) is 1. The second-order valence-electron chi connectivity index (χ2n) is 10.2. The Balaban J connectivity index is 1.35. The van der Waals surface area contributed by atoms with Gasteiger partial charge in [0.1, 0.15) is 11.8 Å². The van der Waals surface area contributed by atoms with Crippen LogP contribution in [-0.2, 0) is 0 Å². The second kappa shape index (κ2) is 10.7. The van der Waals surface area contributed by atoms with E-state index in [1.54, 1.807) is 18.2 Å². The van der Waals surface area contributed by atoms with Crippen LogP contribution in [0.15, 0.2) is 18.3 Å². The number of carbonyl (C=O) groups is 1. The third-order valence-electron chi connectivity index (χ3n) is 7.87. The van der Waals surface area contributed by atoms with Crippen molar-refractivity contribution in [3.8, 4) is 5.75 Å². The Hall–Kier alpha value is -2.00. The summed E-state index contributed by atoms with van der Waals surface area (Å²) >= 11 is 0. The van der Waals surface area contributed by atoms with Crippen LogP contribution in [0.2, 0.25) is 0 Å².